The number of nitrogens with zero attached hydrogens (tertiary/aromatic N) is 3. The van der Waals surface area contributed by atoms with E-state index in [1.54, 1.807) is 6.07 Å². The lowest BCUT2D eigenvalue weighted by Gasteiger charge is -2.28. The Morgan fingerprint density at radius 3 is 2.75 bits per heavy atom. The molecule has 0 amide bonds. The van der Waals surface area contributed by atoms with Crippen molar-refractivity contribution in [1.82, 2.24) is 14.8 Å². The topological polar surface area (TPSA) is 42.7 Å². The average molecular weight is 361 g/mol. The maximum absolute atomic E-state index is 6.41. The number of hydrogen-bond donors (Lipinski definition) is 1. The molecule has 0 radical (unpaired) electrons. The van der Waals surface area contributed by atoms with Crippen molar-refractivity contribution in [3.63, 3.8) is 0 Å². The number of rotatable bonds is 2. The minimum Gasteiger partial charge on any atom is -0.378 e. The van der Waals surface area contributed by atoms with Crippen molar-refractivity contribution in [2.24, 2.45) is 5.92 Å². The molecule has 1 aliphatic heterocycles. The van der Waals surface area contributed by atoms with Crippen LogP contribution >= 0.6 is 23.2 Å². The van der Waals surface area contributed by atoms with Gasteiger partial charge in [-0.25, -0.2) is 4.98 Å². The Morgan fingerprint density at radius 2 is 2.04 bits per heavy atom. The molecule has 2 aromatic heterocycles. The predicted molar refractivity (Wildman–Crippen MR) is 100.0 cm³/mol. The van der Waals surface area contributed by atoms with Gasteiger partial charge in [-0.3, -0.25) is 4.68 Å². The van der Waals surface area contributed by atoms with Crippen molar-refractivity contribution in [1.29, 1.82) is 0 Å². The van der Waals surface area contributed by atoms with E-state index >= 15 is 0 Å². The first kappa shape index (κ1) is 15.7. The number of anilines is 1. The fourth-order valence-electron chi connectivity index (χ4n) is 3.23. The van der Waals surface area contributed by atoms with E-state index in [-0.39, 0.29) is 0 Å². The smallest absolute Gasteiger partial charge is 0.120 e. The second-order valence-corrected chi connectivity index (χ2v) is 7.50. The summed E-state index contributed by atoms with van der Waals surface area (Å²) in [6.07, 6.45) is 0. The van der Waals surface area contributed by atoms with E-state index in [1.165, 1.54) is 0 Å². The molecule has 124 valence electrons. The quantitative estimate of drug-likeness (QED) is 0.685. The molecule has 6 heteroatoms. The van der Waals surface area contributed by atoms with Gasteiger partial charge in [-0.05, 0) is 37.1 Å². The normalized spacial score (nSPS) is 16.7. The number of hydrogen-bond acceptors (Lipinski definition) is 3. The summed E-state index contributed by atoms with van der Waals surface area (Å²) in [5.41, 5.74) is 5.63. The van der Waals surface area contributed by atoms with E-state index in [9.17, 15) is 0 Å². The van der Waals surface area contributed by atoms with E-state index in [4.69, 9.17) is 33.3 Å². The predicted octanol–water partition coefficient (Wildman–Crippen LogP) is 5.16. The molecule has 24 heavy (non-hydrogen) atoms. The van der Waals surface area contributed by atoms with E-state index in [1.807, 2.05) is 19.1 Å². The maximum atomic E-state index is 6.41. The van der Waals surface area contributed by atoms with E-state index < -0.39 is 0 Å². The van der Waals surface area contributed by atoms with Gasteiger partial charge in [0.25, 0.3) is 0 Å². The molecule has 0 aliphatic carbocycles. The fourth-order valence-corrected chi connectivity index (χ4v) is 3.72. The number of aryl methyl sites for hydroxylation is 1. The van der Waals surface area contributed by atoms with E-state index in [0.717, 1.165) is 40.2 Å². The van der Waals surface area contributed by atoms with Gasteiger partial charge in [0, 0.05) is 22.3 Å². The Labute approximate surface area is 150 Å². The van der Waals surface area contributed by atoms with Crippen LogP contribution in [0.2, 0.25) is 10.0 Å². The fraction of sp³-hybridized carbons (Fsp3) is 0.333. The second-order valence-electron chi connectivity index (χ2n) is 6.66. The third kappa shape index (κ3) is 2.45. The van der Waals surface area contributed by atoms with Crippen LogP contribution in [-0.2, 0) is 6.54 Å². The van der Waals surface area contributed by atoms with Crippen LogP contribution in [0.1, 0.15) is 19.5 Å². The van der Waals surface area contributed by atoms with Gasteiger partial charge in [0.2, 0.25) is 0 Å². The Bertz CT molecular complexity index is 946. The van der Waals surface area contributed by atoms with Crippen LogP contribution in [-0.4, -0.2) is 20.8 Å². The van der Waals surface area contributed by atoms with Gasteiger partial charge in [-0.1, -0.05) is 37.0 Å². The lowest BCUT2D eigenvalue weighted by molar-refractivity contribution is 0.437. The molecular weight excluding hydrogens is 343 g/mol. The van der Waals surface area contributed by atoms with Crippen LogP contribution in [0.15, 0.2) is 24.3 Å². The van der Waals surface area contributed by atoms with Gasteiger partial charge >= 0.3 is 0 Å². The molecule has 0 fully saturated rings. The summed E-state index contributed by atoms with van der Waals surface area (Å²) < 4.78 is 2.05. The number of aromatic nitrogens is 3. The molecule has 4 rings (SSSR count). The third-order valence-electron chi connectivity index (χ3n) is 4.53. The Morgan fingerprint density at radius 1 is 1.25 bits per heavy atom. The summed E-state index contributed by atoms with van der Waals surface area (Å²) >= 11 is 12.4. The van der Waals surface area contributed by atoms with Crippen LogP contribution in [0.25, 0.3) is 22.3 Å². The van der Waals surface area contributed by atoms with Gasteiger partial charge in [-0.2, -0.15) is 5.10 Å². The zero-order valence-electron chi connectivity index (χ0n) is 13.8. The molecular formula is C18H18Cl2N4. The van der Waals surface area contributed by atoms with E-state index in [0.29, 0.717) is 22.0 Å². The van der Waals surface area contributed by atoms with Gasteiger partial charge in [0.15, 0.2) is 0 Å². The summed E-state index contributed by atoms with van der Waals surface area (Å²) in [6, 6.07) is 7.91. The van der Waals surface area contributed by atoms with Crippen LogP contribution in [0, 0.1) is 12.8 Å². The van der Waals surface area contributed by atoms with Gasteiger partial charge < -0.3 is 5.32 Å². The molecule has 1 aromatic carbocycles. The first-order valence-electron chi connectivity index (χ1n) is 8.04. The van der Waals surface area contributed by atoms with Gasteiger partial charge in [0.05, 0.1) is 17.3 Å². The summed E-state index contributed by atoms with van der Waals surface area (Å²) in [7, 11) is 0. The summed E-state index contributed by atoms with van der Waals surface area (Å²) in [5, 5.41) is 9.68. The standard InChI is InChI=1S/C18H18Cl2N4/c1-9(2)15-8-24-18-14(22-15)6-10(3)21-17(18)16(23-24)12-5-4-11(19)7-13(12)20/h4-7,9,15,22H,8H2,1-3H3/t15-/m1/s1. The monoisotopic (exact) mass is 360 g/mol. The third-order valence-corrected chi connectivity index (χ3v) is 5.07. The summed E-state index contributed by atoms with van der Waals surface area (Å²) in [5.74, 6) is 0.508. The molecule has 0 spiro atoms. The number of benzene rings is 1. The highest BCUT2D eigenvalue weighted by atomic mass is 35.5. The highest BCUT2D eigenvalue weighted by Crippen LogP contribution is 2.38. The van der Waals surface area contributed by atoms with Crippen molar-refractivity contribution < 1.29 is 0 Å². The highest BCUT2D eigenvalue weighted by Gasteiger charge is 2.27. The molecule has 0 bridgehead atoms. The Hall–Kier alpha value is -1.78. The number of nitrogens with one attached hydrogen (secondary N) is 1. The lowest BCUT2D eigenvalue weighted by atomic mass is 10.0. The highest BCUT2D eigenvalue weighted by molar-refractivity contribution is 6.36. The van der Waals surface area contributed by atoms with Crippen molar-refractivity contribution in [3.05, 3.63) is 40.0 Å². The van der Waals surface area contributed by atoms with Gasteiger partial charge in [-0.15, -0.1) is 0 Å². The molecule has 3 aromatic rings. The minimum atomic E-state index is 0.343. The first-order valence-corrected chi connectivity index (χ1v) is 8.79. The first-order chi connectivity index (χ1) is 11.4. The van der Waals surface area contributed by atoms with Crippen LogP contribution in [0.3, 0.4) is 0 Å². The van der Waals surface area contributed by atoms with Gasteiger partial charge in [0.1, 0.15) is 16.7 Å². The SMILES string of the molecule is Cc1cc2c3c(n1)c(-c1ccc(Cl)cc1Cl)nn3C[C@H](C(C)C)N2. The second kappa shape index (κ2) is 5.64. The van der Waals surface area contributed by atoms with E-state index in [2.05, 4.69) is 29.9 Å². The zero-order chi connectivity index (χ0) is 17.0. The Balaban J connectivity index is 1.97. The number of pyridine rings is 1. The minimum absolute atomic E-state index is 0.343. The molecule has 0 unspecified atom stereocenters. The average Bonchev–Trinajstić information content (AvgIpc) is 2.86. The molecule has 0 saturated carbocycles. The van der Waals surface area contributed by atoms with Crippen LogP contribution < -0.4 is 5.32 Å². The van der Waals surface area contributed by atoms with Crippen LogP contribution in [0.5, 0.6) is 0 Å². The number of halogens is 2. The molecule has 1 aliphatic rings. The molecule has 3 heterocycles. The lowest BCUT2D eigenvalue weighted by Crippen LogP contribution is -2.34. The molecule has 1 N–H and O–H groups in total. The van der Waals surface area contributed by atoms with Crippen molar-refractivity contribution in [2.45, 2.75) is 33.4 Å². The Kier molecular flexibility index (Phi) is 3.70. The molecule has 4 nitrogen and oxygen atoms in total. The molecule has 0 saturated heterocycles. The van der Waals surface area contributed by atoms with Crippen molar-refractivity contribution in [2.75, 3.05) is 5.32 Å². The largest absolute Gasteiger partial charge is 0.378 e. The zero-order valence-corrected chi connectivity index (χ0v) is 15.3. The maximum Gasteiger partial charge on any atom is 0.120 e. The summed E-state index contributed by atoms with van der Waals surface area (Å²) in [6.45, 7) is 7.25. The summed E-state index contributed by atoms with van der Waals surface area (Å²) in [4.78, 5) is 4.73. The van der Waals surface area contributed by atoms with Crippen LogP contribution in [0.4, 0.5) is 5.69 Å². The van der Waals surface area contributed by atoms with Crippen molar-refractivity contribution in [3.8, 4) is 11.3 Å². The van der Waals surface area contributed by atoms with Crippen molar-refractivity contribution >= 4 is 39.9 Å². The molecule has 1 atom stereocenters.